The molecule has 2 bridgehead atoms. The molecule has 0 saturated heterocycles. The molecule has 0 fully saturated rings. The first-order valence-corrected chi connectivity index (χ1v) is 19.4. The quantitative estimate of drug-likeness (QED) is 0.0606. The zero-order valence-corrected chi connectivity index (χ0v) is 25.8. The number of nitrogens with zero attached hydrogens (tertiary/aromatic N) is 1. The van der Waals surface area contributed by atoms with Gasteiger partial charge in [0, 0.05) is 0 Å². The maximum absolute atomic E-state index is 13.1. The van der Waals surface area contributed by atoms with Crippen molar-refractivity contribution in [3.05, 3.63) is 47.4 Å². The Morgan fingerprint density at radius 1 is 1.21 bits per heavy atom. The van der Waals surface area contributed by atoms with Crippen molar-refractivity contribution >= 4 is 72.1 Å². The third kappa shape index (κ3) is 10.1. The molecule has 13 heteroatoms. The van der Waals surface area contributed by atoms with Gasteiger partial charge >= 0.3 is 239 Å². The van der Waals surface area contributed by atoms with E-state index in [1.165, 1.54) is 36.5 Å². The van der Waals surface area contributed by atoms with Gasteiger partial charge in [-0.3, -0.25) is 0 Å². The average Bonchev–Trinajstić information content (AvgIpc) is 2.87. The predicted molar refractivity (Wildman–Crippen MR) is 158 cm³/mol. The maximum atomic E-state index is 13.1. The van der Waals surface area contributed by atoms with Crippen LogP contribution in [0.4, 0.5) is 0 Å². The van der Waals surface area contributed by atoms with Gasteiger partial charge in [-0.2, -0.15) is 0 Å². The number of allylic oxidation sites excluding steroid dienone is 2. The molecule has 0 saturated carbocycles. The van der Waals surface area contributed by atoms with Crippen molar-refractivity contribution in [1.82, 2.24) is 20.9 Å². The number of alkyl halides is 3. The number of aromatic nitrogens is 1. The Labute approximate surface area is 238 Å². The predicted octanol–water partition coefficient (Wildman–Crippen LogP) is 2.80. The van der Waals surface area contributed by atoms with Crippen molar-refractivity contribution in [3.8, 4) is 0 Å². The molecule has 0 aromatic carbocycles. The summed E-state index contributed by atoms with van der Waals surface area (Å²) in [5, 5.41) is 8.07. The molecule has 1 aliphatic heterocycles. The number of ether oxygens (including phenoxy) is 1. The molecule has 38 heavy (non-hydrogen) atoms. The Bertz CT molecular complexity index is 1130. The van der Waals surface area contributed by atoms with Crippen molar-refractivity contribution in [3.63, 3.8) is 0 Å². The van der Waals surface area contributed by atoms with Gasteiger partial charge in [0.1, 0.15) is 0 Å². The molecule has 2 atom stereocenters. The van der Waals surface area contributed by atoms with Crippen LogP contribution in [0.3, 0.4) is 0 Å². The van der Waals surface area contributed by atoms with Gasteiger partial charge in [0.15, 0.2) is 0 Å². The Morgan fingerprint density at radius 2 is 1.95 bits per heavy atom. The van der Waals surface area contributed by atoms with E-state index in [-0.39, 0.29) is 35.4 Å². The van der Waals surface area contributed by atoms with Crippen LogP contribution in [0.15, 0.2) is 41.0 Å². The Kier molecular flexibility index (Phi) is 13.3. The molecule has 10 nitrogen and oxygen atoms in total. The molecule has 1 aromatic rings. The van der Waals surface area contributed by atoms with Crippen LogP contribution in [0, 0.1) is 0 Å². The van der Waals surface area contributed by atoms with Gasteiger partial charge in [-0.15, -0.1) is 0 Å². The molecule has 2 rings (SSSR count). The molecule has 2 heterocycles. The summed E-state index contributed by atoms with van der Waals surface area (Å²) >= 11 is 0.589. The molecule has 1 aliphatic rings. The second-order valence-electron chi connectivity index (χ2n) is 8.17. The zero-order valence-electron chi connectivity index (χ0n) is 22.0. The number of hydrogen-bond donors (Lipinski definition) is 3. The second kappa shape index (κ2) is 15.9. The number of amides is 3. The van der Waals surface area contributed by atoms with E-state index in [1.54, 1.807) is 31.2 Å². The van der Waals surface area contributed by atoms with Crippen LogP contribution in [-0.2, 0) is 30.5 Å². The molecule has 3 N–H and O–H groups in total. The minimum atomic E-state index is -2.02. The van der Waals surface area contributed by atoms with Gasteiger partial charge in [-0.1, -0.05) is 0 Å². The van der Waals surface area contributed by atoms with Crippen LogP contribution in [0.25, 0.3) is 0 Å². The fraction of sp³-hybridized carbons (Fsp3) is 0.440. The van der Waals surface area contributed by atoms with Crippen molar-refractivity contribution in [2.24, 2.45) is 0 Å². The number of cyclic esters (lactones) is 1. The second-order valence-corrected chi connectivity index (χ2v) is 16.2. The molecule has 0 spiro atoms. The molecule has 0 aliphatic carbocycles. The molecule has 3 amide bonds. The minimum absolute atomic E-state index is 0.00834. The number of thioether (sulfide) groups is 2. The van der Waals surface area contributed by atoms with Crippen molar-refractivity contribution in [2.45, 2.75) is 48.3 Å². The van der Waals surface area contributed by atoms with Gasteiger partial charge in [0.25, 0.3) is 0 Å². The van der Waals surface area contributed by atoms with Gasteiger partial charge in [0.2, 0.25) is 0 Å². The topological polar surface area (TPSA) is 144 Å². The normalized spacial score (nSPS) is 21.0. The van der Waals surface area contributed by atoms with E-state index >= 15 is 0 Å². The van der Waals surface area contributed by atoms with E-state index in [1.807, 2.05) is 16.1 Å². The summed E-state index contributed by atoms with van der Waals surface area (Å²) in [6, 6.07) is 3.29. The zero-order chi connectivity index (χ0) is 28.2. The van der Waals surface area contributed by atoms with Crippen molar-refractivity contribution in [2.75, 3.05) is 21.9 Å². The number of nitrogens with one attached hydrogen (secondary N) is 3. The summed E-state index contributed by atoms with van der Waals surface area (Å²) in [6.07, 6.45) is 6.26. The number of rotatable bonds is 6. The van der Waals surface area contributed by atoms with Gasteiger partial charge < -0.3 is 0 Å². The monoisotopic (exact) mass is 676 g/mol. The number of halogens is 1. The fourth-order valence-corrected chi connectivity index (χ4v) is 6.40. The number of pyridine rings is 1. The van der Waals surface area contributed by atoms with Crippen LogP contribution >= 0.6 is 43.3 Å². The number of carbonyl (C=O) groups is 5. The van der Waals surface area contributed by atoms with Crippen LogP contribution in [0.2, 0.25) is 0 Å². The van der Waals surface area contributed by atoms with Crippen LogP contribution in [0.1, 0.15) is 42.9 Å². The Balaban J connectivity index is 2.40. The van der Waals surface area contributed by atoms with Gasteiger partial charge in [-0.25, -0.2) is 0 Å². The number of fused-ring (bicyclic) bond motifs is 2. The average molecular weight is 677 g/mol. The molecule has 0 radical (unpaired) electrons. The first kappa shape index (κ1) is 31.8. The van der Waals surface area contributed by atoms with Crippen molar-refractivity contribution in [1.29, 1.82) is 0 Å². The van der Waals surface area contributed by atoms with E-state index in [0.717, 1.165) is 4.90 Å². The van der Waals surface area contributed by atoms with Gasteiger partial charge in [-0.05, 0) is 0 Å². The van der Waals surface area contributed by atoms with Gasteiger partial charge in [0.05, 0.1) is 0 Å². The Morgan fingerprint density at radius 3 is 2.58 bits per heavy atom. The number of carbonyl (C=O) groups excluding carboxylic acids is 5. The third-order valence-corrected chi connectivity index (χ3v) is 10.1. The molecule has 208 valence electrons. The summed E-state index contributed by atoms with van der Waals surface area (Å²) in [4.78, 5) is 72.0. The number of hydrogen-bond acceptors (Lipinski definition) is 9. The summed E-state index contributed by atoms with van der Waals surface area (Å²) < 4.78 is 4.82. The van der Waals surface area contributed by atoms with Crippen LogP contribution < -0.4 is 16.0 Å². The summed E-state index contributed by atoms with van der Waals surface area (Å²) in [6.45, 7) is 3.16. The summed E-state index contributed by atoms with van der Waals surface area (Å²) in [5.41, 5.74) is 0.572. The summed E-state index contributed by atoms with van der Waals surface area (Å²) in [5.74, 6) is -1.65. The SMILES string of the molecule is C/C=C1\NC(=O)c2ccc(SC)c(n2)CNC(=O)C[C@@H](/C=C/CCSC(C)=O)OC(=O)[C@H](I(C)C)NC1=O. The van der Waals surface area contributed by atoms with E-state index in [2.05, 4.69) is 20.9 Å². The van der Waals surface area contributed by atoms with E-state index in [9.17, 15) is 24.0 Å². The number of esters is 1. The van der Waals surface area contributed by atoms with Crippen LogP contribution in [0.5, 0.6) is 0 Å². The molecular weight excluding hydrogens is 643 g/mol. The van der Waals surface area contributed by atoms with E-state index < -0.39 is 47.8 Å². The molecular formula is C25H33IN4O6S2. The fourth-order valence-electron chi connectivity index (χ4n) is 3.23. The van der Waals surface area contributed by atoms with Crippen LogP contribution in [-0.4, -0.2) is 65.8 Å². The summed E-state index contributed by atoms with van der Waals surface area (Å²) in [7, 11) is 0. The third-order valence-electron chi connectivity index (χ3n) is 5.12. The van der Waals surface area contributed by atoms with E-state index in [0.29, 0.717) is 17.9 Å². The first-order chi connectivity index (χ1) is 18.0. The standard InChI is InChI=1S/C25H33IN4O6S2/c1-6-17-23(33)30-22(26(3)4)25(35)36-16(9-7-8-12-38-15(2)31)13-21(32)27-14-19-20(37-5)11-10-18(28-19)24(34)29-17/h6-7,9-11,16,22H,8,12-14H2,1-5H3,(H,27,32)(H,29,34)(H,30,33)/b9-7+,17-6-/t16-,22-/m1/s1. The molecule has 0 unspecified atom stereocenters. The Hall–Kier alpha value is -2.39. The van der Waals surface area contributed by atoms with Crippen molar-refractivity contribution < 1.29 is 28.7 Å². The van der Waals surface area contributed by atoms with E-state index in [4.69, 9.17) is 4.74 Å². The molecule has 1 aromatic heterocycles. The first-order valence-electron chi connectivity index (χ1n) is 11.6.